The Balaban J connectivity index is 2.07. The van der Waals surface area contributed by atoms with Crippen molar-refractivity contribution in [1.82, 2.24) is 5.32 Å². The molecule has 2 aromatic carbocycles. The lowest BCUT2D eigenvalue weighted by Gasteiger charge is -2.35. The maximum absolute atomic E-state index is 10.2. The molecule has 2 aliphatic rings. The van der Waals surface area contributed by atoms with E-state index in [1.165, 1.54) is 11.1 Å². The van der Waals surface area contributed by atoms with Gasteiger partial charge in [-0.15, -0.1) is 0 Å². The number of ether oxygens (including phenoxy) is 3. The van der Waals surface area contributed by atoms with Crippen LogP contribution in [0.3, 0.4) is 0 Å². The van der Waals surface area contributed by atoms with Gasteiger partial charge >= 0.3 is 0 Å². The van der Waals surface area contributed by atoms with Crippen LogP contribution >= 0.6 is 0 Å². The van der Waals surface area contributed by atoms with Crippen LogP contribution in [0.25, 0.3) is 11.1 Å². The topological polar surface area (TPSA) is 60.0 Å². The fourth-order valence-corrected chi connectivity index (χ4v) is 3.99. The first-order valence-corrected chi connectivity index (χ1v) is 8.09. The molecule has 0 spiro atoms. The van der Waals surface area contributed by atoms with Crippen molar-refractivity contribution in [2.24, 2.45) is 0 Å². The second kappa shape index (κ2) is 5.60. The monoisotopic (exact) mass is 327 g/mol. The van der Waals surface area contributed by atoms with Crippen molar-refractivity contribution in [3.63, 3.8) is 0 Å². The third-order valence-corrected chi connectivity index (χ3v) is 5.03. The van der Waals surface area contributed by atoms with Crippen LogP contribution in [0.5, 0.6) is 23.0 Å². The lowest BCUT2D eigenvalue weighted by molar-refractivity contribution is 0.352. The molecule has 2 aromatic rings. The number of nitrogens with one attached hydrogen (secondary N) is 1. The quantitative estimate of drug-likeness (QED) is 0.908. The second-order valence-corrected chi connectivity index (χ2v) is 6.20. The van der Waals surface area contributed by atoms with E-state index in [-0.39, 0.29) is 11.8 Å². The number of benzene rings is 2. The van der Waals surface area contributed by atoms with E-state index >= 15 is 0 Å². The van der Waals surface area contributed by atoms with Crippen LogP contribution in [-0.4, -0.2) is 33.0 Å². The highest BCUT2D eigenvalue weighted by atomic mass is 16.5. The zero-order chi connectivity index (χ0) is 16.8. The lowest BCUT2D eigenvalue weighted by Crippen LogP contribution is -2.34. The van der Waals surface area contributed by atoms with Gasteiger partial charge in [0.25, 0.3) is 0 Å². The summed E-state index contributed by atoms with van der Waals surface area (Å²) in [6, 6.07) is 6.01. The van der Waals surface area contributed by atoms with Gasteiger partial charge in [-0.25, -0.2) is 0 Å². The number of rotatable bonds is 3. The van der Waals surface area contributed by atoms with Crippen molar-refractivity contribution < 1.29 is 19.3 Å². The lowest BCUT2D eigenvalue weighted by atomic mass is 9.77. The highest BCUT2D eigenvalue weighted by Gasteiger charge is 2.34. The zero-order valence-electron chi connectivity index (χ0n) is 14.1. The summed E-state index contributed by atoms with van der Waals surface area (Å²) in [6.45, 7) is 0.935. The minimum atomic E-state index is 0.164. The minimum Gasteiger partial charge on any atom is -0.504 e. The molecule has 5 heteroatoms. The highest BCUT2D eigenvalue weighted by molar-refractivity contribution is 5.85. The molecule has 0 bridgehead atoms. The van der Waals surface area contributed by atoms with Crippen LogP contribution in [0.2, 0.25) is 0 Å². The average molecular weight is 327 g/mol. The number of phenols is 1. The van der Waals surface area contributed by atoms with Gasteiger partial charge in [-0.2, -0.15) is 0 Å². The maximum atomic E-state index is 10.2. The third kappa shape index (κ3) is 2.04. The van der Waals surface area contributed by atoms with Gasteiger partial charge in [0.2, 0.25) is 0 Å². The summed E-state index contributed by atoms with van der Waals surface area (Å²) in [5, 5.41) is 13.8. The molecular formula is C19H21NO4. The number of hydrogen-bond donors (Lipinski definition) is 2. The molecular weight excluding hydrogens is 306 g/mol. The molecule has 0 amide bonds. The van der Waals surface area contributed by atoms with Gasteiger partial charge in [-0.3, -0.25) is 0 Å². The molecule has 24 heavy (non-hydrogen) atoms. The molecule has 0 fully saturated rings. The molecule has 4 rings (SSSR count). The Bertz CT molecular complexity index is 816. The minimum absolute atomic E-state index is 0.164. The molecule has 126 valence electrons. The summed E-state index contributed by atoms with van der Waals surface area (Å²) in [5.41, 5.74) is 5.74. The maximum Gasteiger partial charge on any atom is 0.168 e. The Kier molecular flexibility index (Phi) is 3.53. The van der Waals surface area contributed by atoms with Crippen LogP contribution in [-0.2, 0) is 12.8 Å². The molecule has 1 heterocycles. The Morgan fingerprint density at radius 1 is 1.00 bits per heavy atom. The zero-order valence-corrected chi connectivity index (χ0v) is 14.1. The van der Waals surface area contributed by atoms with Gasteiger partial charge in [-0.05, 0) is 59.8 Å². The predicted octanol–water partition coefficient (Wildman–Crippen LogP) is 2.83. The molecule has 0 radical (unpaired) electrons. The van der Waals surface area contributed by atoms with Crippen molar-refractivity contribution in [3.05, 3.63) is 34.9 Å². The first-order chi connectivity index (χ1) is 11.7. The van der Waals surface area contributed by atoms with Gasteiger partial charge in [0.1, 0.15) is 0 Å². The van der Waals surface area contributed by atoms with Crippen molar-refractivity contribution >= 4 is 0 Å². The second-order valence-electron chi connectivity index (χ2n) is 6.20. The summed E-state index contributed by atoms with van der Waals surface area (Å²) < 4.78 is 16.6. The van der Waals surface area contributed by atoms with Crippen molar-refractivity contribution in [1.29, 1.82) is 0 Å². The number of phenolic OH excluding ortho intramolecular Hbond substituents is 1. The van der Waals surface area contributed by atoms with Gasteiger partial charge in [0.05, 0.1) is 21.3 Å². The number of hydrogen-bond acceptors (Lipinski definition) is 5. The molecule has 5 nitrogen and oxygen atoms in total. The van der Waals surface area contributed by atoms with E-state index in [4.69, 9.17) is 14.2 Å². The molecule has 0 aromatic heterocycles. The van der Waals surface area contributed by atoms with E-state index in [0.29, 0.717) is 5.75 Å². The van der Waals surface area contributed by atoms with Gasteiger partial charge in [0, 0.05) is 11.6 Å². The van der Waals surface area contributed by atoms with Crippen LogP contribution in [0.1, 0.15) is 22.7 Å². The van der Waals surface area contributed by atoms with E-state index in [0.717, 1.165) is 47.6 Å². The third-order valence-electron chi connectivity index (χ3n) is 5.03. The van der Waals surface area contributed by atoms with Gasteiger partial charge < -0.3 is 24.6 Å². The molecule has 0 saturated carbocycles. The molecule has 2 N–H and O–H groups in total. The first kappa shape index (κ1) is 15.1. The van der Waals surface area contributed by atoms with Gasteiger partial charge in [-0.1, -0.05) is 0 Å². The van der Waals surface area contributed by atoms with Gasteiger partial charge in [0.15, 0.2) is 23.0 Å². The summed E-state index contributed by atoms with van der Waals surface area (Å²) in [6.07, 6.45) is 1.80. The van der Waals surface area contributed by atoms with Crippen molar-refractivity contribution in [3.8, 4) is 34.1 Å². The SMILES string of the molecule is COc1cc2c(cc1O)C[C@H]1NCCc3cc(OC)c(OC)c-2c31. The fraction of sp³-hybridized carbons (Fsp3) is 0.368. The standard InChI is InChI=1S/C19H21NO4/c1-22-15-9-12-11(7-14(15)21)6-13-17-10(4-5-20-13)8-16(23-2)19(24-3)18(12)17/h7-9,13,20-21H,4-6H2,1-3H3/t13-/m1/s1. The van der Waals surface area contributed by atoms with Crippen molar-refractivity contribution in [2.75, 3.05) is 27.9 Å². The Hall–Kier alpha value is -2.40. The molecule has 0 unspecified atom stereocenters. The Morgan fingerprint density at radius 3 is 2.50 bits per heavy atom. The summed E-state index contributed by atoms with van der Waals surface area (Å²) >= 11 is 0. The molecule has 1 atom stereocenters. The normalized spacial score (nSPS) is 17.7. The fourth-order valence-electron chi connectivity index (χ4n) is 3.99. The van der Waals surface area contributed by atoms with Crippen LogP contribution < -0.4 is 19.5 Å². The van der Waals surface area contributed by atoms with Crippen LogP contribution in [0.15, 0.2) is 18.2 Å². The van der Waals surface area contributed by atoms with Crippen LogP contribution in [0.4, 0.5) is 0 Å². The summed E-state index contributed by atoms with van der Waals surface area (Å²) in [4.78, 5) is 0. The van der Waals surface area contributed by atoms with E-state index in [1.807, 2.05) is 6.07 Å². The van der Waals surface area contributed by atoms with E-state index in [1.54, 1.807) is 27.4 Å². The first-order valence-electron chi connectivity index (χ1n) is 8.09. The molecule has 1 aliphatic heterocycles. The molecule has 1 aliphatic carbocycles. The predicted molar refractivity (Wildman–Crippen MR) is 91.4 cm³/mol. The largest absolute Gasteiger partial charge is 0.504 e. The summed E-state index contributed by atoms with van der Waals surface area (Å²) in [5.74, 6) is 2.11. The molecule has 0 saturated heterocycles. The van der Waals surface area contributed by atoms with Crippen LogP contribution in [0, 0.1) is 0 Å². The van der Waals surface area contributed by atoms with E-state index in [2.05, 4.69) is 11.4 Å². The number of aromatic hydroxyl groups is 1. The van der Waals surface area contributed by atoms with E-state index < -0.39 is 0 Å². The van der Waals surface area contributed by atoms with E-state index in [9.17, 15) is 5.11 Å². The Labute approximate surface area is 141 Å². The number of methoxy groups -OCH3 is 3. The van der Waals surface area contributed by atoms with Crippen molar-refractivity contribution in [2.45, 2.75) is 18.9 Å². The smallest absolute Gasteiger partial charge is 0.168 e. The highest BCUT2D eigenvalue weighted by Crippen LogP contribution is 2.52. The summed E-state index contributed by atoms with van der Waals surface area (Å²) in [7, 11) is 4.89. The Morgan fingerprint density at radius 2 is 1.79 bits per heavy atom. The average Bonchev–Trinajstić information content (AvgIpc) is 2.60. The number of fused-ring (bicyclic) bond motifs is 2.